The lowest BCUT2D eigenvalue weighted by molar-refractivity contribution is -0.129. The molecule has 1 aliphatic heterocycles. The van der Waals surface area contributed by atoms with E-state index in [2.05, 4.69) is 27.1 Å². The summed E-state index contributed by atoms with van der Waals surface area (Å²) >= 11 is 0. The van der Waals surface area contributed by atoms with Crippen molar-refractivity contribution < 1.29 is 4.79 Å². The van der Waals surface area contributed by atoms with Crippen LogP contribution >= 0.6 is 0 Å². The SMILES string of the molecule is CC#Cc1cnc2[nH]c(C3(C)CC(=O)N(C)C(=N)N3)cc2c1. The van der Waals surface area contributed by atoms with Crippen LogP contribution in [0.3, 0.4) is 0 Å². The van der Waals surface area contributed by atoms with Crippen molar-refractivity contribution in [1.29, 1.82) is 5.41 Å². The molecule has 3 rings (SSSR count). The number of amides is 1. The van der Waals surface area contributed by atoms with Crippen LogP contribution in [0.5, 0.6) is 0 Å². The maximum absolute atomic E-state index is 12.0. The van der Waals surface area contributed by atoms with Crippen LogP contribution in [-0.2, 0) is 10.3 Å². The minimum atomic E-state index is -0.641. The van der Waals surface area contributed by atoms with Crippen LogP contribution in [0.2, 0.25) is 0 Å². The van der Waals surface area contributed by atoms with E-state index in [1.54, 1.807) is 20.2 Å². The van der Waals surface area contributed by atoms with Gasteiger partial charge >= 0.3 is 0 Å². The van der Waals surface area contributed by atoms with Crippen molar-refractivity contribution in [2.24, 2.45) is 0 Å². The Balaban J connectivity index is 2.03. The van der Waals surface area contributed by atoms with Gasteiger partial charge < -0.3 is 10.3 Å². The molecule has 22 heavy (non-hydrogen) atoms. The number of aromatic amines is 1. The molecule has 0 spiro atoms. The Labute approximate surface area is 128 Å². The van der Waals surface area contributed by atoms with Gasteiger partial charge in [0.15, 0.2) is 5.96 Å². The zero-order chi connectivity index (χ0) is 15.9. The summed E-state index contributed by atoms with van der Waals surface area (Å²) in [5.74, 6) is 5.85. The number of carbonyl (C=O) groups is 1. The highest BCUT2D eigenvalue weighted by molar-refractivity contribution is 5.99. The van der Waals surface area contributed by atoms with Gasteiger partial charge in [-0.15, -0.1) is 5.92 Å². The van der Waals surface area contributed by atoms with Crippen LogP contribution < -0.4 is 5.32 Å². The maximum atomic E-state index is 12.0. The van der Waals surface area contributed by atoms with Gasteiger partial charge in [0.05, 0.1) is 12.0 Å². The lowest BCUT2D eigenvalue weighted by Crippen LogP contribution is -2.58. The summed E-state index contributed by atoms with van der Waals surface area (Å²) in [6, 6.07) is 3.92. The quantitative estimate of drug-likeness (QED) is 0.698. The summed E-state index contributed by atoms with van der Waals surface area (Å²) in [5, 5.41) is 11.9. The number of nitrogens with zero attached hydrogens (tertiary/aromatic N) is 2. The Morgan fingerprint density at radius 1 is 1.45 bits per heavy atom. The highest BCUT2D eigenvalue weighted by Gasteiger charge is 2.39. The number of rotatable bonds is 1. The highest BCUT2D eigenvalue weighted by Crippen LogP contribution is 2.30. The van der Waals surface area contributed by atoms with Gasteiger partial charge in [0.1, 0.15) is 5.65 Å². The molecule has 1 aliphatic rings. The van der Waals surface area contributed by atoms with E-state index < -0.39 is 5.54 Å². The van der Waals surface area contributed by atoms with Crippen LogP contribution in [0.25, 0.3) is 11.0 Å². The smallest absolute Gasteiger partial charge is 0.231 e. The van der Waals surface area contributed by atoms with Gasteiger partial charge in [-0.3, -0.25) is 15.1 Å². The molecule has 0 radical (unpaired) electrons. The number of hydrogen-bond donors (Lipinski definition) is 3. The second-order valence-corrected chi connectivity index (χ2v) is 5.66. The molecule has 0 aliphatic carbocycles. The number of carbonyl (C=O) groups excluding carboxylic acids is 1. The fraction of sp³-hybridized carbons (Fsp3) is 0.312. The van der Waals surface area contributed by atoms with Gasteiger partial charge in [0, 0.05) is 29.9 Å². The molecule has 6 nitrogen and oxygen atoms in total. The molecule has 1 saturated heterocycles. The fourth-order valence-corrected chi connectivity index (χ4v) is 2.62. The van der Waals surface area contributed by atoms with Gasteiger partial charge in [-0.05, 0) is 26.0 Å². The van der Waals surface area contributed by atoms with E-state index in [1.165, 1.54) is 4.90 Å². The molecule has 6 heteroatoms. The predicted molar refractivity (Wildman–Crippen MR) is 84.2 cm³/mol. The molecule has 1 amide bonds. The predicted octanol–water partition coefficient (Wildman–Crippen LogP) is 1.54. The van der Waals surface area contributed by atoms with Crippen molar-refractivity contribution in [3.63, 3.8) is 0 Å². The van der Waals surface area contributed by atoms with E-state index >= 15 is 0 Å². The Morgan fingerprint density at radius 2 is 2.23 bits per heavy atom. The van der Waals surface area contributed by atoms with Crippen LogP contribution in [0.4, 0.5) is 0 Å². The topological polar surface area (TPSA) is 84.9 Å². The van der Waals surface area contributed by atoms with Gasteiger partial charge in [-0.2, -0.15) is 0 Å². The van der Waals surface area contributed by atoms with Crippen LogP contribution in [-0.4, -0.2) is 33.8 Å². The Bertz CT molecular complexity index is 821. The number of H-pyrrole nitrogens is 1. The van der Waals surface area contributed by atoms with Gasteiger partial charge in [0.2, 0.25) is 5.91 Å². The zero-order valence-corrected chi connectivity index (χ0v) is 12.7. The van der Waals surface area contributed by atoms with Crippen LogP contribution in [0.15, 0.2) is 18.3 Å². The van der Waals surface area contributed by atoms with Crippen molar-refractivity contribution in [3.05, 3.63) is 29.6 Å². The second-order valence-electron chi connectivity index (χ2n) is 5.66. The number of pyridine rings is 1. The molecule has 2 aromatic heterocycles. The number of fused-ring (bicyclic) bond motifs is 1. The average Bonchev–Trinajstić information content (AvgIpc) is 2.89. The molecule has 0 bridgehead atoms. The number of nitrogens with one attached hydrogen (secondary N) is 3. The van der Waals surface area contributed by atoms with Crippen molar-refractivity contribution in [2.75, 3.05) is 7.05 Å². The van der Waals surface area contributed by atoms with E-state index in [4.69, 9.17) is 5.41 Å². The van der Waals surface area contributed by atoms with E-state index in [9.17, 15) is 4.79 Å². The molecule has 1 fully saturated rings. The van der Waals surface area contributed by atoms with E-state index in [0.717, 1.165) is 22.3 Å². The summed E-state index contributed by atoms with van der Waals surface area (Å²) in [5.41, 5.74) is 1.80. The first-order valence-electron chi connectivity index (χ1n) is 6.98. The molecular weight excluding hydrogens is 278 g/mol. The normalized spacial score (nSPS) is 21.5. The first kappa shape index (κ1) is 14.1. The second kappa shape index (κ2) is 4.88. The van der Waals surface area contributed by atoms with Crippen LogP contribution in [0.1, 0.15) is 31.5 Å². The van der Waals surface area contributed by atoms with E-state index in [0.29, 0.717) is 0 Å². The standard InChI is InChI=1S/C16H17N5O/c1-4-5-10-6-11-7-12(19-14(11)18-9-10)16(2)8-13(22)21(3)15(17)20-16/h6-7,9H,8H2,1-3H3,(H2,17,20)(H,18,19). The first-order chi connectivity index (χ1) is 10.4. The van der Waals surface area contributed by atoms with Crippen molar-refractivity contribution in [1.82, 2.24) is 20.2 Å². The molecule has 3 N–H and O–H groups in total. The molecule has 112 valence electrons. The van der Waals surface area contributed by atoms with Crippen molar-refractivity contribution in [3.8, 4) is 11.8 Å². The maximum Gasteiger partial charge on any atom is 0.231 e. The molecule has 0 aromatic carbocycles. The minimum Gasteiger partial charge on any atom is -0.345 e. The summed E-state index contributed by atoms with van der Waals surface area (Å²) < 4.78 is 0. The fourth-order valence-electron chi connectivity index (χ4n) is 2.62. The zero-order valence-electron chi connectivity index (χ0n) is 12.7. The monoisotopic (exact) mass is 295 g/mol. The molecule has 1 unspecified atom stereocenters. The minimum absolute atomic E-state index is 0.0876. The third-order valence-electron chi connectivity index (χ3n) is 3.94. The third kappa shape index (κ3) is 2.21. The Morgan fingerprint density at radius 3 is 2.91 bits per heavy atom. The third-order valence-corrected chi connectivity index (χ3v) is 3.94. The molecule has 1 atom stereocenters. The molecule has 0 saturated carbocycles. The summed E-state index contributed by atoms with van der Waals surface area (Å²) in [6.07, 6.45) is 2.00. The van der Waals surface area contributed by atoms with E-state index in [1.807, 2.05) is 19.1 Å². The lowest BCUT2D eigenvalue weighted by Gasteiger charge is -2.38. The summed E-state index contributed by atoms with van der Waals surface area (Å²) in [6.45, 7) is 3.69. The molecular formula is C16H17N5O. The largest absolute Gasteiger partial charge is 0.345 e. The summed E-state index contributed by atoms with van der Waals surface area (Å²) in [4.78, 5) is 21.0. The first-order valence-corrected chi connectivity index (χ1v) is 6.98. The van der Waals surface area contributed by atoms with Crippen molar-refractivity contribution >= 4 is 22.9 Å². The van der Waals surface area contributed by atoms with Crippen molar-refractivity contribution in [2.45, 2.75) is 25.8 Å². The summed E-state index contributed by atoms with van der Waals surface area (Å²) in [7, 11) is 1.60. The average molecular weight is 295 g/mol. The van der Waals surface area contributed by atoms with Gasteiger partial charge in [0.25, 0.3) is 0 Å². The van der Waals surface area contributed by atoms with Crippen LogP contribution in [0, 0.1) is 17.3 Å². The number of aromatic nitrogens is 2. The Kier molecular flexibility index (Phi) is 3.14. The lowest BCUT2D eigenvalue weighted by atomic mass is 9.91. The van der Waals surface area contributed by atoms with Gasteiger partial charge in [-0.1, -0.05) is 5.92 Å². The Hall–Kier alpha value is -2.81. The number of hydrogen-bond acceptors (Lipinski definition) is 3. The molecule has 2 aromatic rings. The number of guanidine groups is 1. The molecule has 3 heterocycles. The van der Waals surface area contributed by atoms with E-state index in [-0.39, 0.29) is 18.3 Å². The van der Waals surface area contributed by atoms with Gasteiger partial charge in [-0.25, -0.2) is 4.98 Å². The highest BCUT2D eigenvalue weighted by atomic mass is 16.2.